The lowest BCUT2D eigenvalue weighted by molar-refractivity contribution is -0.0352. The largest absolute Gasteiger partial charge is 0.370 e. The van der Waals surface area contributed by atoms with Gasteiger partial charge in [0.15, 0.2) is 5.82 Å². The zero-order chi connectivity index (χ0) is 14.6. The Morgan fingerprint density at radius 3 is 2.35 bits per heavy atom. The number of nitrogens with one attached hydrogen (secondary N) is 1. The molecule has 0 saturated heterocycles. The Balaban J connectivity index is 2.47. The van der Waals surface area contributed by atoms with Gasteiger partial charge in [0.2, 0.25) is 0 Å². The van der Waals surface area contributed by atoms with Crippen molar-refractivity contribution >= 4 is 5.82 Å². The molecule has 1 aliphatic rings. The molecule has 2 rings (SSSR count). The van der Waals surface area contributed by atoms with Crippen LogP contribution in [0.3, 0.4) is 0 Å². The third kappa shape index (κ3) is 2.79. The third-order valence-corrected chi connectivity index (χ3v) is 4.43. The average molecular weight is 278 g/mol. The van der Waals surface area contributed by atoms with Crippen LogP contribution in [0.25, 0.3) is 0 Å². The SMILES string of the molecule is CCc1nc(C2(OC)CCCCCC2)nc(NN)c1C. The molecule has 0 atom stereocenters. The van der Waals surface area contributed by atoms with Gasteiger partial charge in [-0.2, -0.15) is 0 Å². The smallest absolute Gasteiger partial charge is 0.162 e. The molecule has 1 aromatic rings. The fourth-order valence-corrected chi connectivity index (χ4v) is 3.07. The summed E-state index contributed by atoms with van der Waals surface area (Å²) < 4.78 is 5.89. The molecule has 0 aliphatic heterocycles. The quantitative estimate of drug-likeness (QED) is 0.503. The van der Waals surface area contributed by atoms with E-state index in [1.807, 2.05) is 6.92 Å². The molecular formula is C15H26N4O. The number of hydrogen-bond acceptors (Lipinski definition) is 5. The lowest BCUT2D eigenvalue weighted by Crippen LogP contribution is -2.31. The topological polar surface area (TPSA) is 73.1 Å². The van der Waals surface area contributed by atoms with Gasteiger partial charge in [0.1, 0.15) is 11.4 Å². The molecule has 1 fully saturated rings. The summed E-state index contributed by atoms with van der Waals surface area (Å²) in [5.74, 6) is 7.11. The number of nitrogens with two attached hydrogens (primary N) is 1. The first-order valence-electron chi connectivity index (χ1n) is 7.56. The number of hydrogen-bond donors (Lipinski definition) is 2. The van der Waals surface area contributed by atoms with Crippen LogP contribution in [-0.4, -0.2) is 17.1 Å². The minimum atomic E-state index is -0.347. The Kier molecular flexibility index (Phi) is 4.94. The summed E-state index contributed by atoms with van der Waals surface area (Å²) in [6.45, 7) is 4.11. The summed E-state index contributed by atoms with van der Waals surface area (Å²) in [6.07, 6.45) is 7.70. The van der Waals surface area contributed by atoms with Crippen molar-refractivity contribution in [3.05, 3.63) is 17.1 Å². The minimum Gasteiger partial charge on any atom is -0.370 e. The lowest BCUT2D eigenvalue weighted by atomic mass is 9.92. The second-order valence-corrected chi connectivity index (χ2v) is 5.58. The maximum absolute atomic E-state index is 5.89. The van der Waals surface area contributed by atoms with Gasteiger partial charge < -0.3 is 10.2 Å². The van der Waals surface area contributed by atoms with Crippen LogP contribution in [-0.2, 0) is 16.8 Å². The monoisotopic (exact) mass is 278 g/mol. The van der Waals surface area contributed by atoms with Crippen LogP contribution in [0.2, 0.25) is 0 Å². The van der Waals surface area contributed by atoms with Gasteiger partial charge in [0.25, 0.3) is 0 Å². The number of nitrogens with zero attached hydrogens (tertiary/aromatic N) is 2. The van der Waals surface area contributed by atoms with Crippen LogP contribution in [0.5, 0.6) is 0 Å². The van der Waals surface area contributed by atoms with E-state index in [4.69, 9.17) is 15.6 Å². The van der Waals surface area contributed by atoms with E-state index in [0.29, 0.717) is 5.82 Å². The minimum absolute atomic E-state index is 0.347. The van der Waals surface area contributed by atoms with Gasteiger partial charge in [0, 0.05) is 18.4 Å². The van der Waals surface area contributed by atoms with Crippen molar-refractivity contribution in [1.82, 2.24) is 9.97 Å². The predicted molar refractivity (Wildman–Crippen MR) is 80.3 cm³/mol. The van der Waals surface area contributed by atoms with E-state index in [1.54, 1.807) is 7.11 Å². The highest BCUT2D eigenvalue weighted by atomic mass is 16.5. The number of aromatic nitrogens is 2. The first-order chi connectivity index (χ1) is 9.66. The van der Waals surface area contributed by atoms with E-state index in [-0.39, 0.29) is 5.60 Å². The molecule has 112 valence electrons. The molecule has 1 aromatic heterocycles. The van der Waals surface area contributed by atoms with E-state index in [0.717, 1.165) is 49.2 Å². The van der Waals surface area contributed by atoms with Gasteiger partial charge in [-0.3, -0.25) is 0 Å². The maximum atomic E-state index is 5.89. The van der Waals surface area contributed by atoms with Crippen LogP contribution >= 0.6 is 0 Å². The number of ether oxygens (including phenoxy) is 1. The number of hydrazine groups is 1. The second-order valence-electron chi connectivity index (χ2n) is 5.58. The van der Waals surface area contributed by atoms with Gasteiger partial charge in [-0.15, -0.1) is 0 Å². The van der Waals surface area contributed by atoms with Crippen molar-refractivity contribution in [2.75, 3.05) is 12.5 Å². The summed E-state index contributed by atoms with van der Waals surface area (Å²) >= 11 is 0. The second kappa shape index (κ2) is 6.50. The van der Waals surface area contributed by atoms with Crippen LogP contribution in [0.4, 0.5) is 5.82 Å². The molecule has 1 aliphatic carbocycles. The highest BCUT2D eigenvalue weighted by Crippen LogP contribution is 2.38. The summed E-state index contributed by atoms with van der Waals surface area (Å²) in [7, 11) is 1.77. The molecule has 5 nitrogen and oxygen atoms in total. The maximum Gasteiger partial charge on any atom is 0.162 e. The normalized spacial score (nSPS) is 18.6. The molecular weight excluding hydrogens is 252 g/mol. The molecule has 1 heterocycles. The van der Waals surface area contributed by atoms with Gasteiger partial charge >= 0.3 is 0 Å². The van der Waals surface area contributed by atoms with Crippen LogP contribution in [0, 0.1) is 6.92 Å². The van der Waals surface area contributed by atoms with Crippen molar-refractivity contribution in [1.29, 1.82) is 0 Å². The number of aryl methyl sites for hydroxylation is 1. The highest BCUT2D eigenvalue weighted by Gasteiger charge is 2.36. The zero-order valence-corrected chi connectivity index (χ0v) is 12.8. The lowest BCUT2D eigenvalue weighted by Gasteiger charge is -2.30. The van der Waals surface area contributed by atoms with Gasteiger partial charge in [-0.1, -0.05) is 32.6 Å². The van der Waals surface area contributed by atoms with Crippen molar-refractivity contribution in [2.45, 2.75) is 64.4 Å². The van der Waals surface area contributed by atoms with Gasteiger partial charge in [0.05, 0.1) is 0 Å². The van der Waals surface area contributed by atoms with Crippen LogP contribution in [0.1, 0.15) is 62.5 Å². The summed E-state index contributed by atoms with van der Waals surface area (Å²) in [5.41, 5.74) is 4.42. The molecule has 0 bridgehead atoms. The van der Waals surface area contributed by atoms with Crippen molar-refractivity contribution in [3.8, 4) is 0 Å². The summed E-state index contributed by atoms with van der Waals surface area (Å²) in [6, 6.07) is 0. The number of anilines is 1. The average Bonchev–Trinajstić information content (AvgIpc) is 2.74. The zero-order valence-electron chi connectivity index (χ0n) is 12.8. The third-order valence-electron chi connectivity index (χ3n) is 4.43. The fourth-order valence-electron chi connectivity index (χ4n) is 3.07. The van der Waals surface area contributed by atoms with E-state index in [1.165, 1.54) is 12.8 Å². The number of nitrogen functional groups attached to an aromatic ring is 1. The molecule has 1 saturated carbocycles. The highest BCUT2D eigenvalue weighted by molar-refractivity contribution is 5.45. The van der Waals surface area contributed by atoms with Crippen molar-refractivity contribution < 1.29 is 4.74 Å². The Morgan fingerprint density at radius 2 is 1.85 bits per heavy atom. The fraction of sp³-hybridized carbons (Fsp3) is 0.733. The van der Waals surface area contributed by atoms with Crippen molar-refractivity contribution in [2.24, 2.45) is 5.84 Å². The molecule has 0 amide bonds. The Morgan fingerprint density at radius 1 is 1.20 bits per heavy atom. The summed E-state index contributed by atoms with van der Waals surface area (Å²) in [5, 5.41) is 0. The van der Waals surface area contributed by atoms with E-state index in [9.17, 15) is 0 Å². The Hall–Kier alpha value is -1.20. The first kappa shape index (κ1) is 15.2. The van der Waals surface area contributed by atoms with E-state index < -0.39 is 0 Å². The molecule has 0 radical (unpaired) electrons. The van der Waals surface area contributed by atoms with Crippen LogP contribution in [0.15, 0.2) is 0 Å². The van der Waals surface area contributed by atoms with E-state index in [2.05, 4.69) is 17.3 Å². The molecule has 20 heavy (non-hydrogen) atoms. The molecule has 0 unspecified atom stereocenters. The van der Waals surface area contributed by atoms with Crippen LogP contribution < -0.4 is 11.3 Å². The number of methoxy groups -OCH3 is 1. The first-order valence-corrected chi connectivity index (χ1v) is 7.56. The molecule has 0 spiro atoms. The Labute approximate surface area is 121 Å². The Bertz CT molecular complexity index is 428. The number of rotatable bonds is 4. The van der Waals surface area contributed by atoms with Gasteiger partial charge in [-0.25, -0.2) is 15.8 Å². The predicted octanol–water partition coefficient (Wildman–Crippen LogP) is 2.83. The van der Waals surface area contributed by atoms with Gasteiger partial charge in [-0.05, 0) is 26.2 Å². The molecule has 3 N–H and O–H groups in total. The molecule has 0 aromatic carbocycles. The van der Waals surface area contributed by atoms with E-state index >= 15 is 0 Å². The standard InChI is InChI=1S/C15H26N4O/c1-4-12-11(2)13(19-16)18-14(17-12)15(20-3)9-7-5-6-8-10-15/h4-10,16H2,1-3H3,(H,17,18,19). The van der Waals surface area contributed by atoms with Crippen molar-refractivity contribution in [3.63, 3.8) is 0 Å². The molecule has 5 heteroatoms. The summed E-state index contributed by atoms with van der Waals surface area (Å²) in [4.78, 5) is 9.41.